The third kappa shape index (κ3) is 5.83. The Hall–Kier alpha value is -1.80. The summed E-state index contributed by atoms with van der Waals surface area (Å²) in [5, 5.41) is 4.30. The van der Waals surface area contributed by atoms with E-state index in [0.717, 1.165) is 44.5 Å². The maximum Gasteiger partial charge on any atom is 0.184 e. The second-order valence-electron chi connectivity index (χ2n) is 10.5. The van der Waals surface area contributed by atoms with Crippen LogP contribution in [0.3, 0.4) is 0 Å². The van der Waals surface area contributed by atoms with Crippen molar-refractivity contribution in [2.24, 2.45) is 0 Å². The zero-order valence-corrected chi connectivity index (χ0v) is 22.1. The van der Waals surface area contributed by atoms with Gasteiger partial charge in [-0.15, -0.1) is 0 Å². The first kappa shape index (κ1) is 24.3. The number of hydrogen-bond acceptors (Lipinski definition) is 3. The fourth-order valence-corrected chi connectivity index (χ4v) is 7.20. The SMILES string of the molecule is CN1CCCC(CNC(=S)N2CCc3ccccc3C2c2cccc(F)c2)(O[Si](C)(C)C)C1. The molecule has 33 heavy (non-hydrogen) atoms. The summed E-state index contributed by atoms with van der Waals surface area (Å²) in [6, 6.07) is 15.3. The number of nitrogens with one attached hydrogen (secondary N) is 1. The summed E-state index contributed by atoms with van der Waals surface area (Å²) in [4.78, 5) is 4.59. The smallest absolute Gasteiger partial charge is 0.184 e. The number of likely N-dealkylation sites (tertiary alicyclic amines) is 1. The highest BCUT2D eigenvalue weighted by Gasteiger charge is 2.40. The maximum absolute atomic E-state index is 14.2. The highest BCUT2D eigenvalue weighted by Crippen LogP contribution is 2.36. The van der Waals surface area contributed by atoms with E-state index < -0.39 is 8.32 Å². The lowest BCUT2D eigenvalue weighted by Gasteiger charge is -2.46. The number of hydrogen-bond donors (Lipinski definition) is 1. The number of fused-ring (bicyclic) bond motifs is 1. The first-order chi connectivity index (χ1) is 15.7. The fraction of sp³-hybridized carbons (Fsp3) is 0.500. The van der Waals surface area contributed by atoms with Gasteiger partial charge in [0.15, 0.2) is 13.4 Å². The van der Waals surface area contributed by atoms with E-state index in [0.29, 0.717) is 11.7 Å². The summed E-state index contributed by atoms with van der Waals surface area (Å²) in [6.45, 7) is 10.3. The largest absolute Gasteiger partial charge is 0.409 e. The van der Waals surface area contributed by atoms with Gasteiger partial charge >= 0.3 is 0 Å². The maximum atomic E-state index is 14.2. The molecule has 2 unspecified atom stereocenters. The van der Waals surface area contributed by atoms with Gasteiger partial charge in [0.05, 0.1) is 11.6 Å². The van der Waals surface area contributed by atoms with E-state index in [9.17, 15) is 4.39 Å². The van der Waals surface area contributed by atoms with E-state index in [1.807, 2.05) is 6.07 Å². The van der Waals surface area contributed by atoms with E-state index in [-0.39, 0.29) is 17.5 Å². The molecular formula is C26H36FN3OSSi. The number of likely N-dealkylation sites (N-methyl/N-ethyl adjacent to an activating group) is 1. The van der Waals surface area contributed by atoms with Crippen LogP contribution in [-0.4, -0.2) is 62.1 Å². The molecule has 7 heteroatoms. The molecule has 1 fully saturated rings. The van der Waals surface area contributed by atoms with Crippen LogP contribution in [0.1, 0.15) is 35.6 Å². The third-order valence-electron chi connectivity index (χ3n) is 6.52. The molecule has 0 saturated carbocycles. The lowest BCUT2D eigenvalue weighted by Crippen LogP contribution is -2.59. The fourth-order valence-electron chi connectivity index (χ4n) is 5.39. The van der Waals surface area contributed by atoms with Crippen LogP contribution in [-0.2, 0) is 10.8 Å². The predicted molar refractivity (Wildman–Crippen MR) is 140 cm³/mol. The Morgan fingerprint density at radius 2 is 1.97 bits per heavy atom. The topological polar surface area (TPSA) is 27.7 Å². The van der Waals surface area contributed by atoms with Crippen LogP contribution < -0.4 is 5.32 Å². The van der Waals surface area contributed by atoms with Gasteiger partial charge in [-0.3, -0.25) is 0 Å². The van der Waals surface area contributed by atoms with Crippen LogP contribution >= 0.6 is 12.2 Å². The number of nitrogens with zero attached hydrogens (tertiary/aromatic N) is 2. The zero-order chi connectivity index (χ0) is 23.6. The summed E-state index contributed by atoms with van der Waals surface area (Å²) in [6.07, 6.45) is 3.08. The molecule has 0 bridgehead atoms. The quantitative estimate of drug-likeness (QED) is 0.477. The van der Waals surface area contributed by atoms with Crippen LogP contribution in [0.15, 0.2) is 48.5 Å². The van der Waals surface area contributed by atoms with Crippen molar-refractivity contribution < 1.29 is 8.82 Å². The molecule has 2 aliphatic heterocycles. The van der Waals surface area contributed by atoms with Crippen LogP contribution in [0, 0.1) is 5.82 Å². The summed E-state index contributed by atoms with van der Waals surface area (Å²) in [7, 11) is 0.425. The van der Waals surface area contributed by atoms with Gasteiger partial charge in [0.1, 0.15) is 5.82 Å². The van der Waals surface area contributed by atoms with Crippen molar-refractivity contribution in [2.45, 2.75) is 50.5 Å². The normalized spacial score (nSPS) is 23.8. The summed E-state index contributed by atoms with van der Waals surface area (Å²) >= 11 is 5.97. The molecule has 0 radical (unpaired) electrons. The van der Waals surface area contributed by atoms with Gasteiger partial charge in [-0.1, -0.05) is 36.4 Å². The molecule has 4 rings (SSSR count). The molecule has 0 aliphatic carbocycles. The Balaban J connectivity index is 1.58. The molecule has 1 N–H and O–H groups in total. The first-order valence-electron chi connectivity index (χ1n) is 11.9. The molecule has 0 spiro atoms. The van der Waals surface area contributed by atoms with Gasteiger partial charge in [0, 0.05) is 19.6 Å². The summed E-state index contributed by atoms with van der Waals surface area (Å²) in [5.74, 6) is -0.220. The predicted octanol–water partition coefficient (Wildman–Crippen LogP) is 4.96. The minimum absolute atomic E-state index is 0.103. The number of benzene rings is 2. The van der Waals surface area contributed by atoms with E-state index in [4.69, 9.17) is 16.6 Å². The Labute approximate surface area is 204 Å². The lowest BCUT2D eigenvalue weighted by atomic mass is 9.88. The molecule has 2 atom stereocenters. The molecule has 178 valence electrons. The lowest BCUT2D eigenvalue weighted by molar-refractivity contribution is -0.00304. The van der Waals surface area contributed by atoms with Crippen molar-refractivity contribution in [3.8, 4) is 0 Å². The second kappa shape index (κ2) is 9.82. The van der Waals surface area contributed by atoms with E-state index >= 15 is 0 Å². The van der Waals surface area contributed by atoms with Gasteiger partial charge in [-0.2, -0.15) is 0 Å². The molecule has 2 aromatic carbocycles. The molecule has 2 heterocycles. The van der Waals surface area contributed by atoms with E-state index in [1.54, 1.807) is 12.1 Å². The van der Waals surface area contributed by atoms with Crippen molar-refractivity contribution in [1.82, 2.24) is 15.1 Å². The van der Waals surface area contributed by atoms with Crippen molar-refractivity contribution in [1.29, 1.82) is 0 Å². The van der Waals surface area contributed by atoms with E-state index in [2.05, 4.69) is 66.1 Å². The van der Waals surface area contributed by atoms with Gasteiger partial charge in [-0.05, 0) is 93.5 Å². The second-order valence-corrected chi connectivity index (χ2v) is 15.3. The Kier molecular flexibility index (Phi) is 7.24. The van der Waals surface area contributed by atoms with Gasteiger partial charge < -0.3 is 19.5 Å². The van der Waals surface area contributed by atoms with Gasteiger partial charge in [0.2, 0.25) is 0 Å². The van der Waals surface area contributed by atoms with Crippen LogP contribution in [0.4, 0.5) is 4.39 Å². The first-order valence-corrected chi connectivity index (χ1v) is 15.7. The molecule has 0 amide bonds. The van der Waals surface area contributed by atoms with Gasteiger partial charge in [0.25, 0.3) is 0 Å². The number of thiocarbonyl (C=S) groups is 1. The summed E-state index contributed by atoms with van der Waals surface area (Å²) in [5.41, 5.74) is 3.20. The molecule has 0 aromatic heterocycles. The highest BCUT2D eigenvalue weighted by atomic mass is 32.1. The highest BCUT2D eigenvalue weighted by molar-refractivity contribution is 7.80. The Bertz CT molecular complexity index is 997. The van der Waals surface area contributed by atoms with Gasteiger partial charge in [-0.25, -0.2) is 4.39 Å². The van der Waals surface area contributed by atoms with Crippen LogP contribution in [0.5, 0.6) is 0 Å². The third-order valence-corrected chi connectivity index (χ3v) is 7.95. The molecule has 4 nitrogen and oxygen atoms in total. The number of halogens is 1. The average molecular weight is 486 g/mol. The minimum atomic E-state index is -1.74. The number of rotatable bonds is 5. The monoisotopic (exact) mass is 485 g/mol. The minimum Gasteiger partial charge on any atom is -0.409 e. The van der Waals surface area contributed by atoms with E-state index in [1.165, 1.54) is 17.2 Å². The molecule has 1 saturated heterocycles. The molecule has 2 aromatic rings. The van der Waals surface area contributed by atoms with Crippen molar-refractivity contribution >= 4 is 25.6 Å². The van der Waals surface area contributed by atoms with Crippen molar-refractivity contribution in [3.63, 3.8) is 0 Å². The van der Waals surface area contributed by atoms with Crippen LogP contribution in [0.25, 0.3) is 0 Å². The van der Waals surface area contributed by atoms with Crippen molar-refractivity contribution in [2.75, 3.05) is 33.2 Å². The van der Waals surface area contributed by atoms with Crippen molar-refractivity contribution in [3.05, 3.63) is 71.0 Å². The molecular weight excluding hydrogens is 449 g/mol. The van der Waals surface area contributed by atoms with Crippen LogP contribution in [0.2, 0.25) is 19.6 Å². The summed E-state index contributed by atoms with van der Waals surface area (Å²) < 4.78 is 20.9. The number of piperidine rings is 1. The Morgan fingerprint density at radius 3 is 2.70 bits per heavy atom. The molecule has 2 aliphatic rings. The standard InChI is InChI=1S/C26H36FN3OSSi/c1-29-15-8-14-26(19-29,31-33(2,3)4)18-28-25(32)30-16-13-20-9-5-6-12-23(20)24(30)21-10-7-11-22(27)17-21/h5-7,9-12,17,24H,8,13-16,18-19H2,1-4H3,(H,28,32). The zero-order valence-electron chi connectivity index (χ0n) is 20.2. The average Bonchev–Trinajstić information content (AvgIpc) is 2.75. The Morgan fingerprint density at radius 1 is 1.18 bits per heavy atom.